The second kappa shape index (κ2) is 6.44. The minimum absolute atomic E-state index is 0.170. The molecule has 0 fully saturated rings. The highest BCUT2D eigenvalue weighted by Crippen LogP contribution is 2.11. The largest absolute Gasteiger partial charge is 0.396 e. The van der Waals surface area contributed by atoms with Crippen molar-refractivity contribution in [2.45, 2.75) is 12.8 Å². The van der Waals surface area contributed by atoms with Gasteiger partial charge in [-0.1, -0.05) is 0 Å². The summed E-state index contributed by atoms with van der Waals surface area (Å²) in [6, 6.07) is 0. The molecule has 0 amide bonds. The zero-order chi connectivity index (χ0) is 12.0. The first-order valence-corrected chi connectivity index (χ1v) is 5.45. The topological polar surface area (TPSA) is 74.2 Å². The number of aliphatic hydroxyl groups excluding tert-OH is 1. The minimum Gasteiger partial charge on any atom is -0.396 e. The molecule has 0 unspecified atom stereocenters. The van der Waals surface area contributed by atoms with E-state index in [4.69, 9.17) is 16.7 Å². The predicted octanol–water partition coefficient (Wildman–Crippen LogP) is 0.775. The van der Waals surface area contributed by atoms with Crippen molar-refractivity contribution in [3.05, 3.63) is 5.28 Å². The number of hydrogen-bond donors (Lipinski definition) is 2. The first-order valence-electron chi connectivity index (χ1n) is 5.07. The van der Waals surface area contributed by atoms with Crippen LogP contribution in [0.25, 0.3) is 0 Å². The third-order valence-electron chi connectivity index (χ3n) is 1.86. The highest BCUT2D eigenvalue weighted by molar-refractivity contribution is 6.28. The van der Waals surface area contributed by atoms with E-state index in [1.807, 2.05) is 14.1 Å². The summed E-state index contributed by atoms with van der Waals surface area (Å²) in [4.78, 5) is 13.9. The van der Waals surface area contributed by atoms with Gasteiger partial charge in [-0.15, -0.1) is 0 Å². The monoisotopic (exact) mass is 245 g/mol. The van der Waals surface area contributed by atoms with Crippen LogP contribution in [0.1, 0.15) is 12.8 Å². The van der Waals surface area contributed by atoms with Gasteiger partial charge in [-0.3, -0.25) is 0 Å². The number of unbranched alkanes of at least 4 members (excludes halogenated alkanes) is 1. The summed E-state index contributed by atoms with van der Waals surface area (Å²) in [6.45, 7) is 0.899. The molecule has 16 heavy (non-hydrogen) atoms. The zero-order valence-corrected chi connectivity index (χ0v) is 10.2. The van der Waals surface area contributed by atoms with Crippen molar-refractivity contribution in [3.63, 3.8) is 0 Å². The van der Waals surface area contributed by atoms with Crippen LogP contribution in [0.3, 0.4) is 0 Å². The van der Waals surface area contributed by atoms with Crippen LogP contribution in [0.5, 0.6) is 0 Å². The summed E-state index contributed by atoms with van der Waals surface area (Å²) in [5.41, 5.74) is 0. The zero-order valence-electron chi connectivity index (χ0n) is 9.44. The summed E-state index contributed by atoms with van der Waals surface area (Å²) < 4.78 is 0. The summed E-state index contributed by atoms with van der Waals surface area (Å²) >= 11 is 5.77. The fourth-order valence-electron chi connectivity index (χ4n) is 1.06. The number of aliphatic hydroxyl groups is 1. The van der Waals surface area contributed by atoms with Gasteiger partial charge in [-0.25, -0.2) is 0 Å². The Bertz CT molecular complexity index is 334. The molecule has 1 aromatic rings. The molecule has 0 atom stereocenters. The normalized spacial score (nSPS) is 10.2. The Kier molecular flexibility index (Phi) is 5.21. The van der Waals surface area contributed by atoms with Crippen LogP contribution in [0, 0.1) is 0 Å². The maximum Gasteiger partial charge on any atom is 0.230 e. The number of nitrogens with zero attached hydrogens (tertiary/aromatic N) is 4. The SMILES string of the molecule is CN(C)c1nc(Cl)nc(NCCCCO)n1. The molecular weight excluding hydrogens is 230 g/mol. The van der Waals surface area contributed by atoms with E-state index < -0.39 is 0 Å². The van der Waals surface area contributed by atoms with Crippen molar-refractivity contribution in [3.8, 4) is 0 Å². The van der Waals surface area contributed by atoms with Gasteiger partial charge in [0.25, 0.3) is 0 Å². The van der Waals surface area contributed by atoms with Gasteiger partial charge in [0.05, 0.1) is 0 Å². The number of anilines is 2. The third-order valence-corrected chi connectivity index (χ3v) is 2.03. The van der Waals surface area contributed by atoms with E-state index in [1.54, 1.807) is 4.90 Å². The quantitative estimate of drug-likeness (QED) is 0.722. The van der Waals surface area contributed by atoms with E-state index in [-0.39, 0.29) is 11.9 Å². The van der Waals surface area contributed by atoms with Crippen molar-refractivity contribution < 1.29 is 5.11 Å². The van der Waals surface area contributed by atoms with Crippen LogP contribution in [0.2, 0.25) is 5.28 Å². The molecule has 0 aliphatic carbocycles. The van der Waals surface area contributed by atoms with Gasteiger partial charge in [-0.05, 0) is 24.4 Å². The molecule has 2 N–H and O–H groups in total. The molecule has 6 nitrogen and oxygen atoms in total. The Morgan fingerprint density at radius 1 is 1.25 bits per heavy atom. The Balaban J connectivity index is 2.58. The van der Waals surface area contributed by atoms with E-state index in [2.05, 4.69) is 20.3 Å². The van der Waals surface area contributed by atoms with Gasteiger partial charge in [-0.2, -0.15) is 15.0 Å². The van der Waals surface area contributed by atoms with Crippen LogP contribution < -0.4 is 10.2 Å². The molecule has 0 aliphatic rings. The third kappa shape index (κ3) is 4.16. The van der Waals surface area contributed by atoms with Crippen LogP contribution in [0.4, 0.5) is 11.9 Å². The second-order valence-electron chi connectivity index (χ2n) is 3.48. The minimum atomic E-state index is 0.170. The maximum absolute atomic E-state index is 8.63. The molecule has 0 radical (unpaired) electrons. The van der Waals surface area contributed by atoms with E-state index >= 15 is 0 Å². The molecule has 0 saturated carbocycles. The molecular formula is C9H16ClN5O. The standard InChI is InChI=1S/C9H16ClN5O/c1-15(2)9-13-7(10)12-8(14-9)11-5-3-4-6-16/h16H,3-6H2,1-2H3,(H,11,12,13,14). The van der Waals surface area contributed by atoms with E-state index in [0.717, 1.165) is 12.8 Å². The molecule has 90 valence electrons. The van der Waals surface area contributed by atoms with Crippen molar-refractivity contribution >= 4 is 23.5 Å². The average molecular weight is 246 g/mol. The average Bonchev–Trinajstić information content (AvgIpc) is 2.23. The van der Waals surface area contributed by atoms with Gasteiger partial charge >= 0.3 is 0 Å². The first-order chi connectivity index (χ1) is 7.63. The van der Waals surface area contributed by atoms with E-state index in [9.17, 15) is 0 Å². The fraction of sp³-hybridized carbons (Fsp3) is 0.667. The molecule has 1 aromatic heterocycles. The Labute approximate surface area is 99.7 Å². The second-order valence-corrected chi connectivity index (χ2v) is 3.82. The summed E-state index contributed by atoms with van der Waals surface area (Å²) in [5, 5.41) is 11.8. The Morgan fingerprint density at radius 2 is 2.00 bits per heavy atom. The molecule has 1 rings (SSSR count). The predicted molar refractivity (Wildman–Crippen MR) is 64.0 cm³/mol. The lowest BCUT2D eigenvalue weighted by atomic mass is 10.3. The molecule has 0 saturated heterocycles. The lowest BCUT2D eigenvalue weighted by Crippen LogP contribution is -2.15. The Morgan fingerprint density at radius 3 is 2.62 bits per heavy atom. The number of halogens is 1. The number of aromatic nitrogens is 3. The van der Waals surface area contributed by atoms with Gasteiger partial charge in [0.2, 0.25) is 17.2 Å². The molecule has 1 heterocycles. The van der Waals surface area contributed by atoms with Crippen molar-refractivity contribution in [2.75, 3.05) is 37.5 Å². The van der Waals surface area contributed by atoms with Crippen LogP contribution in [-0.2, 0) is 0 Å². The molecule has 0 spiro atoms. The van der Waals surface area contributed by atoms with Crippen LogP contribution >= 0.6 is 11.6 Å². The lowest BCUT2D eigenvalue weighted by Gasteiger charge is -2.11. The van der Waals surface area contributed by atoms with Gasteiger partial charge in [0, 0.05) is 27.2 Å². The summed E-state index contributed by atoms with van der Waals surface area (Å²) in [5.74, 6) is 0.978. The molecule has 0 aliphatic heterocycles. The molecule has 0 bridgehead atoms. The van der Waals surface area contributed by atoms with Crippen LogP contribution in [-0.4, -0.2) is 47.3 Å². The number of rotatable bonds is 6. The highest BCUT2D eigenvalue weighted by atomic mass is 35.5. The van der Waals surface area contributed by atoms with Crippen LogP contribution in [0.15, 0.2) is 0 Å². The van der Waals surface area contributed by atoms with Gasteiger partial charge in [0.15, 0.2) is 0 Å². The van der Waals surface area contributed by atoms with Gasteiger partial charge < -0.3 is 15.3 Å². The summed E-state index contributed by atoms with van der Waals surface area (Å²) in [6.07, 6.45) is 1.61. The first kappa shape index (κ1) is 12.9. The van der Waals surface area contributed by atoms with Crippen molar-refractivity contribution in [1.29, 1.82) is 0 Å². The smallest absolute Gasteiger partial charge is 0.230 e. The molecule has 7 heteroatoms. The molecule has 0 aromatic carbocycles. The van der Waals surface area contributed by atoms with E-state index in [1.165, 1.54) is 0 Å². The fourth-order valence-corrected chi connectivity index (χ4v) is 1.21. The highest BCUT2D eigenvalue weighted by Gasteiger charge is 2.05. The van der Waals surface area contributed by atoms with Crippen molar-refractivity contribution in [2.24, 2.45) is 0 Å². The summed E-state index contributed by atoms with van der Waals surface area (Å²) in [7, 11) is 3.67. The number of nitrogens with one attached hydrogen (secondary N) is 1. The lowest BCUT2D eigenvalue weighted by molar-refractivity contribution is 0.286. The van der Waals surface area contributed by atoms with Gasteiger partial charge in [0.1, 0.15) is 0 Å². The number of hydrogen-bond acceptors (Lipinski definition) is 6. The maximum atomic E-state index is 8.63. The van der Waals surface area contributed by atoms with E-state index in [0.29, 0.717) is 18.4 Å². The Hall–Kier alpha value is -1.14. The van der Waals surface area contributed by atoms with Crippen molar-refractivity contribution in [1.82, 2.24) is 15.0 Å².